The van der Waals surface area contributed by atoms with Crippen molar-refractivity contribution in [2.75, 3.05) is 0 Å². The Morgan fingerprint density at radius 2 is 1.96 bits per heavy atom. The lowest BCUT2D eigenvalue weighted by atomic mass is 10.1. The second-order valence-corrected chi connectivity index (χ2v) is 5.28. The Kier molecular flexibility index (Phi) is 5.21. The maximum atomic E-state index is 14.3. The molecule has 2 aromatic rings. The minimum absolute atomic E-state index is 0.171. The van der Waals surface area contributed by atoms with Crippen LogP contribution in [-0.2, 0) is 13.1 Å². The molecule has 5 nitrogen and oxygen atoms in total. The number of alkyl halides is 6. The highest BCUT2D eigenvalue weighted by Crippen LogP contribution is 2.37. The second-order valence-electron chi connectivity index (χ2n) is 4.89. The van der Waals surface area contributed by atoms with Crippen molar-refractivity contribution in [2.24, 2.45) is 7.05 Å². The normalized spacial score (nSPS) is 13.4. The molecule has 1 amide bonds. The first-order valence-electron chi connectivity index (χ1n) is 6.66. The van der Waals surface area contributed by atoms with Gasteiger partial charge in [0.1, 0.15) is 5.75 Å². The second kappa shape index (κ2) is 6.87. The molecule has 0 fully saturated rings. The standard InChI is InChI=1S/C14H11ClF5N3O2/c1-23-7-8(6-21-23)11(24)22-13(17,18)9-4-2-3-5-10(9)25-14(19,20)12(15)16/h2-7,12H,1H3,(H,22,24). The molecule has 136 valence electrons. The molecule has 1 N–H and O–H groups in total. The van der Waals surface area contributed by atoms with Crippen molar-refractivity contribution < 1.29 is 31.5 Å². The number of nitrogens with one attached hydrogen (secondary N) is 1. The fourth-order valence-corrected chi connectivity index (χ4v) is 1.87. The summed E-state index contributed by atoms with van der Waals surface area (Å²) in [6, 6.07) is -0.339. The first-order chi connectivity index (χ1) is 11.5. The average Bonchev–Trinajstić information content (AvgIpc) is 2.93. The SMILES string of the molecule is Cn1cc(C(=O)NC(F)(F)c2ccccc2OC(F)(F)C(F)Cl)cn1. The van der Waals surface area contributed by atoms with Crippen LogP contribution in [0, 0.1) is 0 Å². The van der Waals surface area contributed by atoms with Crippen LogP contribution in [0.4, 0.5) is 22.0 Å². The Labute approximate surface area is 143 Å². The van der Waals surface area contributed by atoms with Crippen molar-refractivity contribution in [1.82, 2.24) is 15.1 Å². The number of para-hydroxylation sites is 1. The number of rotatable bonds is 6. The van der Waals surface area contributed by atoms with Crippen LogP contribution in [0.15, 0.2) is 36.7 Å². The van der Waals surface area contributed by atoms with Crippen molar-refractivity contribution in [3.05, 3.63) is 47.8 Å². The quantitative estimate of drug-likeness (QED) is 0.472. The largest absolute Gasteiger partial charge is 0.444 e. The van der Waals surface area contributed by atoms with E-state index in [-0.39, 0.29) is 5.56 Å². The predicted octanol–water partition coefficient (Wildman–Crippen LogP) is 3.41. The Morgan fingerprint density at radius 1 is 1.32 bits per heavy atom. The number of benzene rings is 1. The molecular weight excluding hydrogens is 373 g/mol. The van der Waals surface area contributed by atoms with Gasteiger partial charge in [0.25, 0.3) is 11.5 Å². The molecule has 2 rings (SSSR count). The van der Waals surface area contributed by atoms with Crippen LogP contribution in [0.3, 0.4) is 0 Å². The number of aryl methyl sites for hydroxylation is 1. The topological polar surface area (TPSA) is 56.2 Å². The third-order valence-corrected chi connectivity index (χ3v) is 3.22. The molecule has 0 spiro atoms. The van der Waals surface area contributed by atoms with Crippen molar-refractivity contribution in [2.45, 2.75) is 17.8 Å². The zero-order chi connectivity index (χ0) is 18.8. The van der Waals surface area contributed by atoms with Crippen molar-refractivity contribution >= 4 is 17.5 Å². The highest BCUT2D eigenvalue weighted by atomic mass is 35.5. The number of halogens is 6. The van der Waals surface area contributed by atoms with E-state index in [0.717, 1.165) is 30.5 Å². The van der Waals surface area contributed by atoms with Gasteiger partial charge in [-0.05, 0) is 12.1 Å². The molecule has 1 atom stereocenters. The van der Waals surface area contributed by atoms with E-state index in [4.69, 9.17) is 0 Å². The number of hydrogen-bond donors (Lipinski definition) is 1. The van der Waals surface area contributed by atoms with Gasteiger partial charge in [-0.2, -0.15) is 22.7 Å². The molecule has 0 aliphatic rings. The minimum atomic E-state index is -4.54. The van der Waals surface area contributed by atoms with E-state index >= 15 is 0 Å². The summed E-state index contributed by atoms with van der Waals surface area (Å²) in [5.41, 5.74) is -4.51. The van der Waals surface area contributed by atoms with Crippen molar-refractivity contribution in [1.29, 1.82) is 0 Å². The lowest BCUT2D eigenvalue weighted by molar-refractivity contribution is -0.200. The highest BCUT2D eigenvalue weighted by molar-refractivity contribution is 6.20. The molecule has 25 heavy (non-hydrogen) atoms. The van der Waals surface area contributed by atoms with Gasteiger partial charge in [0.05, 0.1) is 17.3 Å². The zero-order valence-electron chi connectivity index (χ0n) is 12.5. The molecule has 0 aliphatic heterocycles. The van der Waals surface area contributed by atoms with E-state index in [9.17, 15) is 26.7 Å². The van der Waals surface area contributed by atoms with Crippen LogP contribution in [0.25, 0.3) is 0 Å². The summed E-state index contributed by atoms with van der Waals surface area (Å²) in [5.74, 6) is -2.23. The Balaban J connectivity index is 2.28. The van der Waals surface area contributed by atoms with Crippen LogP contribution in [0.1, 0.15) is 15.9 Å². The lowest BCUT2D eigenvalue weighted by Crippen LogP contribution is -2.40. The first kappa shape index (κ1) is 19.0. The van der Waals surface area contributed by atoms with Gasteiger partial charge < -0.3 is 4.74 Å². The number of aromatic nitrogens is 2. The summed E-state index contributed by atoms with van der Waals surface area (Å²) in [6.07, 6.45) is -2.31. The smallest absolute Gasteiger partial charge is 0.429 e. The third kappa shape index (κ3) is 4.38. The number of carbonyl (C=O) groups is 1. The predicted molar refractivity (Wildman–Crippen MR) is 77.3 cm³/mol. The van der Waals surface area contributed by atoms with E-state index in [1.54, 1.807) is 0 Å². The molecule has 0 saturated heterocycles. The summed E-state index contributed by atoms with van der Waals surface area (Å²) in [4.78, 5) is 11.8. The molecule has 1 aromatic carbocycles. The maximum Gasteiger partial charge on any atom is 0.444 e. The summed E-state index contributed by atoms with van der Waals surface area (Å²) in [7, 11) is 1.47. The van der Waals surface area contributed by atoms with E-state index in [1.165, 1.54) is 23.2 Å². The van der Waals surface area contributed by atoms with Gasteiger partial charge in [0.15, 0.2) is 0 Å². The Bertz CT molecular complexity index is 766. The monoisotopic (exact) mass is 383 g/mol. The fraction of sp³-hybridized carbons (Fsp3) is 0.286. The number of amides is 1. The molecule has 0 aliphatic carbocycles. The molecule has 1 heterocycles. The Morgan fingerprint density at radius 3 is 2.52 bits per heavy atom. The van der Waals surface area contributed by atoms with Gasteiger partial charge in [-0.1, -0.05) is 23.7 Å². The lowest BCUT2D eigenvalue weighted by Gasteiger charge is -2.24. The van der Waals surface area contributed by atoms with Gasteiger partial charge in [0, 0.05) is 13.2 Å². The van der Waals surface area contributed by atoms with Gasteiger partial charge >= 0.3 is 12.2 Å². The summed E-state index contributed by atoms with van der Waals surface area (Å²) in [6.45, 7) is 0. The number of hydrogen-bond acceptors (Lipinski definition) is 3. The summed E-state index contributed by atoms with van der Waals surface area (Å²) in [5, 5.41) is 5.04. The van der Waals surface area contributed by atoms with Crippen LogP contribution in [-0.4, -0.2) is 27.4 Å². The van der Waals surface area contributed by atoms with Crippen molar-refractivity contribution in [3.8, 4) is 5.75 Å². The van der Waals surface area contributed by atoms with E-state index < -0.39 is 35.0 Å². The number of carbonyl (C=O) groups excluding carboxylic acids is 1. The molecule has 1 aromatic heterocycles. The number of nitrogens with zero attached hydrogens (tertiary/aromatic N) is 2. The van der Waals surface area contributed by atoms with Gasteiger partial charge in [-0.15, -0.1) is 0 Å². The summed E-state index contributed by atoms with van der Waals surface area (Å²) < 4.78 is 73.0. The average molecular weight is 384 g/mol. The van der Waals surface area contributed by atoms with Crippen LogP contribution < -0.4 is 10.1 Å². The van der Waals surface area contributed by atoms with Gasteiger partial charge in [0.2, 0.25) is 0 Å². The minimum Gasteiger partial charge on any atom is -0.429 e. The molecule has 0 saturated carbocycles. The van der Waals surface area contributed by atoms with Crippen LogP contribution in [0.5, 0.6) is 5.75 Å². The molecule has 0 radical (unpaired) electrons. The van der Waals surface area contributed by atoms with E-state index in [2.05, 4.69) is 21.4 Å². The fourth-order valence-electron chi connectivity index (χ4n) is 1.83. The van der Waals surface area contributed by atoms with Gasteiger partial charge in [-0.3, -0.25) is 14.8 Å². The van der Waals surface area contributed by atoms with Crippen LogP contribution >= 0.6 is 11.6 Å². The zero-order valence-corrected chi connectivity index (χ0v) is 13.3. The van der Waals surface area contributed by atoms with Crippen LogP contribution in [0.2, 0.25) is 0 Å². The molecule has 1 unspecified atom stereocenters. The third-order valence-electron chi connectivity index (χ3n) is 2.96. The van der Waals surface area contributed by atoms with Gasteiger partial charge in [-0.25, -0.2) is 4.39 Å². The highest BCUT2D eigenvalue weighted by Gasteiger charge is 2.45. The van der Waals surface area contributed by atoms with Crippen molar-refractivity contribution in [3.63, 3.8) is 0 Å². The molecular formula is C14H11ClF5N3O2. The number of ether oxygens (including phenoxy) is 1. The van der Waals surface area contributed by atoms with E-state index in [0.29, 0.717) is 0 Å². The van der Waals surface area contributed by atoms with E-state index in [1.807, 2.05) is 0 Å². The first-order valence-corrected chi connectivity index (χ1v) is 7.10. The Hall–Kier alpha value is -2.36. The maximum absolute atomic E-state index is 14.3. The summed E-state index contributed by atoms with van der Waals surface area (Å²) >= 11 is 4.64. The molecule has 0 bridgehead atoms. The molecule has 11 heteroatoms.